The summed E-state index contributed by atoms with van der Waals surface area (Å²) >= 11 is 0. The highest BCUT2D eigenvalue weighted by atomic mass is 16.5. The van der Waals surface area contributed by atoms with E-state index < -0.39 is 6.10 Å². The normalized spacial score (nSPS) is 21.6. The minimum atomic E-state index is -0.437. The molecule has 2 atom stereocenters. The Kier molecular flexibility index (Phi) is 5.87. The van der Waals surface area contributed by atoms with Crippen LogP contribution in [-0.2, 0) is 5.41 Å². The molecule has 0 unspecified atom stereocenters. The predicted molar refractivity (Wildman–Crippen MR) is 91.5 cm³/mol. The first-order valence-corrected chi connectivity index (χ1v) is 8.52. The van der Waals surface area contributed by atoms with Crippen LogP contribution in [0, 0.1) is 0 Å². The number of nitrogens with zero attached hydrogens (tertiary/aromatic N) is 1. The van der Waals surface area contributed by atoms with E-state index in [2.05, 4.69) is 38.7 Å². The van der Waals surface area contributed by atoms with Crippen LogP contribution in [-0.4, -0.2) is 41.8 Å². The number of ether oxygens (including phenoxy) is 1. The predicted octanol–water partition coefficient (Wildman–Crippen LogP) is 3.60. The molecule has 1 aromatic carbocycles. The average Bonchev–Trinajstić information content (AvgIpc) is 2.47. The maximum atomic E-state index is 10.3. The molecule has 124 valence electrons. The van der Waals surface area contributed by atoms with Gasteiger partial charge in [-0.2, -0.15) is 0 Å². The standard InChI is InChI=1S/C19H31NO2/c1-15-9-7-8-12-20(15)13-16(21)14-22-18-11-6-5-10-17(18)19(2,3)4/h5-6,10-11,15-16,21H,7-9,12-14H2,1-4H3/t15-,16-/m1/s1. The lowest BCUT2D eigenvalue weighted by Crippen LogP contribution is -2.43. The minimum absolute atomic E-state index is 0.0446. The van der Waals surface area contributed by atoms with Crippen LogP contribution in [0.15, 0.2) is 24.3 Å². The monoisotopic (exact) mass is 305 g/mol. The molecule has 1 aromatic rings. The van der Waals surface area contributed by atoms with Gasteiger partial charge in [0.15, 0.2) is 0 Å². The Hall–Kier alpha value is -1.06. The molecule has 0 aliphatic carbocycles. The SMILES string of the molecule is C[C@@H]1CCCCN1C[C@@H](O)COc1ccccc1C(C)(C)C. The lowest BCUT2D eigenvalue weighted by molar-refractivity contribution is 0.0433. The van der Waals surface area contributed by atoms with E-state index in [1.165, 1.54) is 24.8 Å². The lowest BCUT2D eigenvalue weighted by atomic mass is 9.86. The van der Waals surface area contributed by atoms with Gasteiger partial charge < -0.3 is 9.84 Å². The first-order valence-electron chi connectivity index (χ1n) is 8.52. The highest BCUT2D eigenvalue weighted by molar-refractivity contribution is 5.38. The summed E-state index contributed by atoms with van der Waals surface area (Å²) in [5, 5.41) is 10.3. The van der Waals surface area contributed by atoms with Crippen LogP contribution in [0.2, 0.25) is 0 Å². The molecule has 0 bridgehead atoms. The molecule has 0 amide bonds. The van der Waals surface area contributed by atoms with Crippen LogP contribution >= 0.6 is 0 Å². The van der Waals surface area contributed by atoms with Gasteiger partial charge in [-0.25, -0.2) is 0 Å². The largest absolute Gasteiger partial charge is 0.491 e. The molecule has 1 aliphatic rings. The number of benzene rings is 1. The summed E-state index contributed by atoms with van der Waals surface area (Å²) in [6, 6.07) is 8.71. The molecular weight excluding hydrogens is 274 g/mol. The van der Waals surface area contributed by atoms with Crippen molar-refractivity contribution in [2.24, 2.45) is 0 Å². The zero-order chi connectivity index (χ0) is 16.2. The van der Waals surface area contributed by atoms with Gasteiger partial charge in [0.05, 0.1) is 0 Å². The van der Waals surface area contributed by atoms with Gasteiger partial charge in [-0.3, -0.25) is 4.90 Å². The number of piperidine rings is 1. The maximum Gasteiger partial charge on any atom is 0.123 e. The van der Waals surface area contributed by atoms with Crippen molar-refractivity contribution < 1.29 is 9.84 Å². The molecule has 1 aliphatic heterocycles. The molecule has 3 nitrogen and oxygen atoms in total. The van der Waals surface area contributed by atoms with E-state index >= 15 is 0 Å². The molecule has 1 fully saturated rings. The molecule has 1 N–H and O–H groups in total. The molecule has 0 radical (unpaired) electrons. The number of β-amino-alcohol motifs (C(OH)–C–C–N with tert-alkyl or cyclic N) is 1. The fourth-order valence-electron chi connectivity index (χ4n) is 3.15. The van der Waals surface area contributed by atoms with Gasteiger partial charge in [-0.15, -0.1) is 0 Å². The number of rotatable bonds is 5. The number of para-hydroxylation sites is 1. The minimum Gasteiger partial charge on any atom is -0.491 e. The van der Waals surface area contributed by atoms with Crippen molar-refractivity contribution in [3.05, 3.63) is 29.8 Å². The Morgan fingerprint density at radius 3 is 2.68 bits per heavy atom. The third-order valence-corrected chi connectivity index (χ3v) is 4.51. The van der Waals surface area contributed by atoms with Gasteiger partial charge in [-0.05, 0) is 43.4 Å². The van der Waals surface area contributed by atoms with E-state index in [9.17, 15) is 5.11 Å². The van der Waals surface area contributed by atoms with Crippen molar-refractivity contribution in [3.8, 4) is 5.75 Å². The van der Waals surface area contributed by atoms with Crippen LogP contribution in [0.5, 0.6) is 5.75 Å². The van der Waals surface area contributed by atoms with E-state index in [-0.39, 0.29) is 5.41 Å². The summed E-state index contributed by atoms with van der Waals surface area (Å²) in [4.78, 5) is 2.38. The molecule has 1 heterocycles. The van der Waals surface area contributed by atoms with Crippen molar-refractivity contribution >= 4 is 0 Å². The lowest BCUT2D eigenvalue weighted by Gasteiger charge is -2.34. The van der Waals surface area contributed by atoms with E-state index in [0.29, 0.717) is 19.2 Å². The number of hydrogen-bond donors (Lipinski definition) is 1. The van der Waals surface area contributed by atoms with Gasteiger partial charge in [0.2, 0.25) is 0 Å². The maximum absolute atomic E-state index is 10.3. The number of likely N-dealkylation sites (tertiary alicyclic amines) is 1. The van der Waals surface area contributed by atoms with Gasteiger partial charge in [0.1, 0.15) is 18.5 Å². The smallest absolute Gasteiger partial charge is 0.123 e. The second kappa shape index (κ2) is 7.47. The Balaban J connectivity index is 1.90. The van der Waals surface area contributed by atoms with Crippen LogP contribution in [0.3, 0.4) is 0 Å². The van der Waals surface area contributed by atoms with E-state index in [4.69, 9.17) is 4.74 Å². The van der Waals surface area contributed by atoms with Crippen LogP contribution in [0.25, 0.3) is 0 Å². The zero-order valence-corrected chi connectivity index (χ0v) is 14.5. The Morgan fingerprint density at radius 1 is 1.27 bits per heavy atom. The molecule has 1 saturated heterocycles. The van der Waals surface area contributed by atoms with Crippen LogP contribution in [0.4, 0.5) is 0 Å². The highest BCUT2D eigenvalue weighted by Gasteiger charge is 2.22. The summed E-state index contributed by atoms with van der Waals surface area (Å²) in [6.45, 7) is 11.0. The first kappa shape index (κ1) is 17.3. The molecule has 0 spiro atoms. The summed E-state index contributed by atoms with van der Waals surface area (Å²) in [7, 11) is 0. The topological polar surface area (TPSA) is 32.7 Å². The molecule has 2 rings (SSSR count). The fraction of sp³-hybridized carbons (Fsp3) is 0.684. The molecular formula is C19H31NO2. The van der Waals surface area contributed by atoms with Gasteiger partial charge in [-0.1, -0.05) is 45.4 Å². The van der Waals surface area contributed by atoms with E-state index in [0.717, 1.165) is 12.3 Å². The molecule has 22 heavy (non-hydrogen) atoms. The Morgan fingerprint density at radius 2 is 2.00 bits per heavy atom. The average molecular weight is 305 g/mol. The number of hydrogen-bond acceptors (Lipinski definition) is 3. The van der Waals surface area contributed by atoms with Gasteiger partial charge >= 0.3 is 0 Å². The summed E-state index contributed by atoms with van der Waals surface area (Å²) in [5.74, 6) is 0.890. The van der Waals surface area contributed by atoms with Gasteiger partial charge in [0, 0.05) is 12.6 Å². The quantitative estimate of drug-likeness (QED) is 0.902. The third-order valence-electron chi connectivity index (χ3n) is 4.51. The van der Waals surface area contributed by atoms with Crippen LogP contribution < -0.4 is 4.74 Å². The van der Waals surface area contributed by atoms with Crippen molar-refractivity contribution in [2.75, 3.05) is 19.7 Å². The summed E-state index contributed by atoms with van der Waals surface area (Å²) < 4.78 is 5.93. The second-order valence-electron chi connectivity index (χ2n) is 7.55. The second-order valence-corrected chi connectivity index (χ2v) is 7.55. The van der Waals surface area contributed by atoms with E-state index in [1.54, 1.807) is 0 Å². The first-order chi connectivity index (χ1) is 10.4. The zero-order valence-electron chi connectivity index (χ0n) is 14.5. The van der Waals surface area contributed by atoms with Gasteiger partial charge in [0.25, 0.3) is 0 Å². The summed E-state index contributed by atoms with van der Waals surface area (Å²) in [5.41, 5.74) is 1.23. The Bertz CT molecular complexity index is 467. The highest BCUT2D eigenvalue weighted by Crippen LogP contribution is 2.31. The molecule has 3 heteroatoms. The molecule has 0 saturated carbocycles. The Labute approximate surface area is 135 Å². The van der Waals surface area contributed by atoms with Crippen molar-refractivity contribution in [1.29, 1.82) is 0 Å². The van der Waals surface area contributed by atoms with Crippen molar-refractivity contribution in [1.82, 2.24) is 4.90 Å². The number of aliphatic hydroxyl groups excluding tert-OH is 1. The number of aliphatic hydroxyl groups is 1. The fourth-order valence-corrected chi connectivity index (χ4v) is 3.15. The molecule has 0 aromatic heterocycles. The summed E-state index contributed by atoms with van der Waals surface area (Å²) in [6.07, 6.45) is 3.35. The van der Waals surface area contributed by atoms with Crippen LogP contribution in [0.1, 0.15) is 52.5 Å². The third kappa shape index (κ3) is 4.72. The van der Waals surface area contributed by atoms with Crippen molar-refractivity contribution in [3.63, 3.8) is 0 Å². The van der Waals surface area contributed by atoms with Crippen molar-refractivity contribution in [2.45, 2.75) is 64.5 Å². The van der Waals surface area contributed by atoms with E-state index in [1.807, 2.05) is 18.2 Å².